The van der Waals surface area contributed by atoms with Crippen LogP contribution in [0.25, 0.3) is 0 Å². The van der Waals surface area contributed by atoms with Gasteiger partial charge in [-0.3, -0.25) is 0 Å². The van der Waals surface area contributed by atoms with E-state index in [9.17, 15) is 8.78 Å². The molecule has 0 nitrogen and oxygen atoms in total. The Labute approximate surface area is 142 Å². The number of halogens is 2. The Morgan fingerprint density at radius 2 is 1.57 bits per heavy atom. The molecular weight excluding hydrogens is 290 g/mol. The van der Waals surface area contributed by atoms with Gasteiger partial charge in [-0.15, -0.1) is 0 Å². The van der Waals surface area contributed by atoms with Gasteiger partial charge in [-0.05, 0) is 54.8 Å². The second-order valence-electron chi connectivity index (χ2n) is 9.12. The second kappa shape index (κ2) is 8.81. The fourth-order valence-electron chi connectivity index (χ4n) is 5.02. The highest BCUT2D eigenvalue weighted by atomic mass is 19.2. The monoisotopic (exact) mass is 328 g/mol. The van der Waals surface area contributed by atoms with Crippen LogP contribution in [0.1, 0.15) is 85.5 Å². The molecule has 0 amide bonds. The largest absolute Gasteiger partial charge is 0.244 e. The van der Waals surface area contributed by atoms with Crippen LogP contribution in [-0.4, -0.2) is 12.3 Å². The van der Waals surface area contributed by atoms with Gasteiger partial charge < -0.3 is 0 Å². The van der Waals surface area contributed by atoms with Crippen molar-refractivity contribution in [1.29, 1.82) is 0 Å². The predicted molar refractivity (Wildman–Crippen MR) is 95.0 cm³/mol. The molecule has 0 heterocycles. The quantitative estimate of drug-likeness (QED) is 0.478. The van der Waals surface area contributed by atoms with Crippen molar-refractivity contribution in [2.24, 2.45) is 35.5 Å². The minimum atomic E-state index is -1.23. The van der Waals surface area contributed by atoms with Crippen LogP contribution in [0.5, 0.6) is 0 Å². The van der Waals surface area contributed by atoms with E-state index in [1.165, 1.54) is 19.3 Å². The van der Waals surface area contributed by atoms with Crippen LogP contribution in [0.3, 0.4) is 0 Å². The van der Waals surface area contributed by atoms with Crippen LogP contribution < -0.4 is 0 Å². The molecule has 2 saturated carbocycles. The molecule has 0 spiro atoms. The zero-order valence-corrected chi connectivity index (χ0v) is 15.7. The number of hydrogen-bond donors (Lipinski definition) is 0. The summed E-state index contributed by atoms with van der Waals surface area (Å²) in [5.41, 5.74) is 0. The van der Waals surface area contributed by atoms with E-state index >= 15 is 0 Å². The molecule has 0 aliphatic heterocycles. The second-order valence-corrected chi connectivity index (χ2v) is 9.12. The number of hydrogen-bond acceptors (Lipinski definition) is 0. The van der Waals surface area contributed by atoms with E-state index < -0.39 is 12.3 Å². The van der Waals surface area contributed by atoms with Crippen LogP contribution in [0, 0.1) is 35.5 Å². The summed E-state index contributed by atoms with van der Waals surface area (Å²) in [5, 5.41) is 0. The van der Waals surface area contributed by atoms with Crippen LogP contribution >= 0.6 is 0 Å². The smallest absolute Gasteiger partial charge is 0.134 e. The van der Waals surface area contributed by atoms with Crippen molar-refractivity contribution in [3.63, 3.8) is 0 Å². The molecule has 0 aromatic heterocycles. The van der Waals surface area contributed by atoms with Crippen molar-refractivity contribution in [3.8, 4) is 0 Å². The molecule has 0 N–H and O–H groups in total. The minimum absolute atomic E-state index is 0.0103. The lowest BCUT2D eigenvalue weighted by molar-refractivity contribution is -0.0227. The van der Waals surface area contributed by atoms with E-state index in [2.05, 4.69) is 27.7 Å². The average molecular weight is 329 g/mol. The lowest BCUT2D eigenvalue weighted by atomic mass is 9.68. The zero-order chi connectivity index (χ0) is 17.0. The van der Waals surface area contributed by atoms with Crippen LogP contribution in [0.4, 0.5) is 8.78 Å². The first-order chi connectivity index (χ1) is 10.9. The molecular formula is C21H38F2. The summed E-state index contributed by atoms with van der Waals surface area (Å²) in [5.74, 6) is 2.11. The number of alkyl halides is 2. The van der Waals surface area contributed by atoms with Gasteiger partial charge in [0, 0.05) is 0 Å². The summed E-state index contributed by atoms with van der Waals surface area (Å²) < 4.78 is 29.7. The van der Waals surface area contributed by atoms with Gasteiger partial charge in [-0.25, -0.2) is 8.78 Å². The molecule has 2 heteroatoms. The maximum atomic E-state index is 14.9. The topological polar surface area (TPSA) is 0 Å². The molecule has 0 aromatic rings. The molecule has 0 aromatic carbocycles. The van der Waals surface area contributed by atoms with Gasteiger partial charge in [0.1, 0.15) is 12.3 Å². The molecule has 23 heavy (non-hydrogen) atoms. The Morgan fingerprint density at radius 1 is 0.826 bits per heavy atom. The van der Waals surface area contributed by atoms with Gasteiger partial charge in [0.25, 0.3) is 0 Å². The van der Waals surface area contributed by atoms with Gasteiger partial charge >= 0.3 is 0 Å². The minimum Gasteiger partial charge on any atom is -0.244 e. The number of rotatable bonds is 5. The average Bonchev–Trinajstić information content (AvgIpc) is 2.72. The standard InChI is InChI=1S/C21H38F2/c1-14(2)8-10-16(4)18-12-13-19(21(23)20(18)22)17-7-5-6-15(3)9-11-17/h14-21H,5-13H2,1-4H3. The van der Waals surface area contributed by atoms with E-state index in [-0.39, 0.29) is 11.8 Å². The summed E-state index contributed by atoms with van der Waals surface area (Å²) in [6.07, 6.45) is 7.47. The first-order valence-electron chi connectivity index (χ1n) is 10.2. The molecule has 0 radical (unpaired) electrons. The first-order valence-corrected chi connectivity index (χ1v) is 10.2. The Hall–Kier alpha value is -0.140. The summed E-state index contributed by atoms with van der Waals surface area (Å²) >= 11 is 0. The van der Waals surface area contributed by atoms with Crippen LogP contribution in [0.2, 0.25) is 0 Å². The van der Waals surface area contributed by atoms with Gasteiger partial charge in [0.15, 0.2) is 0 Å². The molecule has 2 fully saturated rings. The van der Waals surface area contributed by atoms with Crippen molar-refractivity contribution in [1.82, 2.24) is 0 Å². The lowest BCUT2D eigenvalue weighted by Gasteiger charge is -2.41. The first kappa shape index (κ1) is 19.2. The molecule has 7 unspecified atom stereocenters. The summed E-state index contributed by atoms with van der Waals surface area (Å²) in [7, 11) is 0. The Balaban J connectivity index is 1.91. The summed E-state index contributed by atoms with van der Waals surface area (Å²) in [6, 6.07) is 0. The van der Waals surface area contributed by atoms with Crippen molar-refractivity contribution in [2.45, 2.75) is 97.8 Å². The maximum Gasteiger partial charge on any atom is 0.134 e. The predicted octanol–water partition coefficient (Wildman–Crippen LogP) is 6.98. The summed E-state index contributed by atoms with van der Waals surface area (Å²) in [4.78, 5) is 0. The van der Waals surface area contributed by atoms with Crippen LogP contribution in [-0.2, 0) is 0 Å². The Morgan fingerprint density at radius 3 is 2.26 bits per heavy atom. The van der Waals surface area contributed by atoms with E-state index in [4.69, 9.17) is 0 Å². The normalized spacial score (nSPS) is 40.8. The third kappa shape index (κ3) is 5.16. The van der Waals surface area contributed by atoms with Gasteiger partial charge in [0.05, 0.1) is 0 Å². The van der Waals surface area contributed by atoms with Crippen molar-refractivity contribution in [3.05, 3.63) is 0 Å². The molecule has 0 saturated heterocycles. The van der Waals surface area contributed by atoms with Crippen LogP contribution in [0.15, 0.2) is 0 Å². The molecule has 136 valence electrons. The molecule has 2 rings (SSSR count). The van der Waals surface area contributed by atoms with Crippen molar-refractivity contribution < 1.29 is 8.78 Å². The van der Waals surface area contributed by atoms with E-state index in [0.717, 1.165) is 44.4 Å². The van der Waals surface area contributed by atoms with Gasteiger partial charge in [0.2, 0.25) is 0 Å². The molecule has 0 bridgehead atoms. The van der Waals surface area contributed by atoms with E-state index in [0.29, 0.717) is 17.8 Å². The van der Waals surface area contributed by atoms with E-state index in [1.807, 2.05) is 0 Å². The van der Waals surface area contributed by atoms with Gasteiger partial charge in [-0.2, -0.15) is 0 Å². The third-order valence-electron chi connectivity index (χ3n) is 6.79. The van der Waals surface area contributed by atoms with Crippen molar-refractivity contribution >= 4 is 0 Å². The highest BCUT2D eigenvalue weighted by Crippen LogP contribution is 2.45. The summed E-state index contributed by atoms with van der Waals surface area (Å²) in [6.45, 7) is 8.86. The molecule has 2 aliphatic carbocycles. The molecule has 2 aliphatic rings. The fourth-order valence-corrected chi connectivity index (χ4v) is 5.02. The van der Waals surface area contributed by atoms with E-state index in [1.54, 1.807) is 0 Å². The Kier molecular flexibility index (Phi) is 7.35. The third-order valence-corrected chi connectivity index (χ3v) is 6.79. The SMILES string of the molecule is CC(C)CCC(C)C1CCC(C2CCCC(C)CC2)C(F)C1F. The zero-order valence-electron chi connectivity index (χ0n) is 15.7. The van der Waals surface area contributed by atoms with Gasteiger partial charge in [-0.1, -0.05) is 66.2 Å². The van der Waals surface area contributed by atoms with Crippen molar-refractivity contribution in [2.75, 3.05) is 0 Å². The maximum absolute atomic E-state index is 14.9. The lowest BCUT2D eigenvalue weighted by Crippen LogP contribution is -2.43. The highest BCUT2D eigenvalue weighted by molar-refractivity contribution is 4.93. The molecule has 7 atom stereocenters. The highest BCUT2D eigenvalue weighted by Gasteiger charge is 2.44. The fraction of sp³-hybridized carbons (Fsp3) is 1.00. The Bertz CT molecular complexity index is 341.